The molecule has 0 aromatic heterocycles. The van der Waals surface area contributed by atoms with Crippen LogP contribution in [-0.4, -0.2) is 51.5 Å². The molecule has 1 N–H and O–H groups in total. The first-order valence-corrected chi connectivity index (χ1v) is 9.61. The molecule has 0 bridgehead atoms. The van der Waals surface area contributed by atoms with Gasteiger partial charge in [0.1, 0.15) is 13.1 Å². The van der Waals surface area contributed by atoms with Crippen molar-refractivity contribution >= 4 is 25.2 Å². The first-order valence-electron chi connectivity index (χ1n) is 9.61. The molecule has 9 heteroatoms. The van der Waals surface area contributed by atoms with Gasteiger partial charge in [-0.15, -0.1) is 0 Å². The van der Waals surface area contributed by atoms with Crippen LogP contribution in [-0.2, 0) is 28.2 Å². The van der Waals surface area contributed by atoms with E-state index in [2.05, 4.69) is 20.8 Å². The van der Waals surface area contributed by atoms with Crippen molar-refractivity contribution < 1.29 is 33.0 Å². The molecule has 0 aliphatic carbocycles. The van der Waals surface area contributed by atoms with Gasteiger partial charge in [0.05, 0.1) is 12.8 Å². The van der Waals surface area contributed by atoms with Gasteiger partial charge in [0.2, 0.25) is 0 Å². The van der Waals surface area contributed by atoms with Crippen LogP contribution in [0.5, 0.6) is 0 Å². The van der Waals surface area contributed by atoms with Gasteiger partial charge in [-0.05, 0) is 11.1 Å². The number of carbonyl (C=O) groups is 2. The summed E-state index contributed by atoms with van der Waals surface area (Å²) in [6.07, 6.45) is 2.24. The summed E-state index contributed by atoms with van der Waals surface area (Å²) in [7, 11) is 0. The standard InChI is InChI=1S/C9H17BO2.C8H14BNO4/c1-9(2,3)10-8(4-6-11-10)5-7-12-10;1-8(2,3)9-10(4-6(11)13-9)5-7(12)14-9/h4-7H2,1-3H3;10H,4-5H2,1-3H3. The molecule has 0 unspecified atom stereocenters. The predicted molar refractivity (Wildman–Crippen MR) is 98.2 cm³/mol. The average molecular weight is 367 g/mol. The molecule has 4 fully saturated rings. The molecule has 146 valence electrons. The smallest absolute Gasteiger partial charge is 0.587 e. The molecule has 4 saturated heterocycles. The van der Waals surface area contributed by atoms with E-state index in [1.165, 1.54) is 5.82 Å². The van der Waals surface area contributed by atoms with Gasteiger partial charge >= 0.3 is 25.2 Å². The van der Waals surface area contributed by atoms with Crippen molar-refractivity contribution in [2.45, 2.75) is 65.0 Å². The number of fused-ring (bicyclic) bond motifs is 2. The third-order valence-corrected chi connectivity index (χ3v) is 6.24. The second-order valence-electron chi connectivity index (χ2n) is 10.0. The Bertz CT molecular complexity index is 567. The van der Waals surface area contributed by atoms with E-state index in [-0.39, 0.29) is 35.7 Å². The zero-order valence-corrected chi connectivity index (χ0v) is 16.8. The molecule has 0 saturated carbocycles. The highest BCUT2D eigenvalue weighted by atomic mass is 16.7. The SMILES string of the molecule is CC(C)(C)[B-]12OC(=O)C[NH+]1CC(=O)O2.CC(C)(C)[B-]12OCC[C+]1CCO2. The molecule has 0 aromatic rings. The number of carbonyl (C=O) groups excluding carboxylic acids is 2. The maximum absolute atomic E-state index is 11.2. The lowest BCUT2D eigenvalue weighted by Crippen LogP contribution is -3.20. The lowest BCUT2D eigenvalue weighted by Gasteiger charge is -2.39. The van der Waals surface area contributed by atoms with E-state index in [4.69, 9.17) is 18.6 Å². The lowest BCUT2D eigenvalue weighted by atomic mass is 9.34. The third-order valence-electron chi connectivity index (χ3n) is 6.24. The highest BCUT2D eigenvalue weighted by Crippen LogP contribution is 2.52. The molecule has 0 aromatic carbocycles. The molecule has 7 nitrogen and oxygen atoms in total. The van der Waals surface area contributed by atoms with Crippen LogP contribution in [0.1, 0.15) is 54.4 Å². The Balaban J connectivity index is 0.000000152. The Labute approximate surface area is 156 Å². The minimum absolute atomic E-state index is 0.141. The van der Waals surface area contributed by atoms with Crippen LogP contribution in [0.25, 0.3) is 0 Å². The van der Waals surface area contributed by atoms with Gasteiger partial charge in [0.15, 0.2) is 0 Å². The fraction of sp³-hybridized carbons (Fsp3) is 0.824. The summed E-state index contributed by atoms with van der Waals surface area (Å²) in [6, 6.07) is 0. The Kier molecular flexibility index (Phi) is 4.65. The van der Waals surface area contributed by atoms with Crippen molar-refractivity contribution in [3.63, 3.8) is 0 Å². The van der Waals surface area contributed by atoms with E-state index in [9.17, 15) is 9.59 Å². The highest BCUT2D eigenvalue weighted by Gasteiger charge is 2.65. The highest BCUT2D eigenvalue weighted by molar-refractivity contribution is 6.77. The molecule has 0 atom stereocenters. The van der Waals surface area contributed by atoms with E-state index in [0.717, 1.165) is 30.9 Å². The van der Waals surface area contributed by atoms with Gasteiger partial charge < -0.3 is 23.4 Å². The number of nitrogens with one attached hydrogen (secondary N) is 1. The van der Waals surface area contributed by atoms with Crippen LogP contribution < -0.4 is 4.81 Å². The fourth-order valence-electron chi connectivity index (χ4n) is 4.93. The molecule has 4 heterocycles. The van der Waals surface area contributed by atoms with E-state index in [1.54, 1.807) is 0 Å². The van der Waals surface area contributed by atoms with Crippen LogP contribution in [0.2, 0.25) is 10.6 Å². The summed E-state index contributed by atoms with van der Waals surface area (Å²) in [5, 5.41) is -0.198. The average Bonchev–Trinajstić information content (AvgIpc) is 3.14. The van der Waals surface area contributed by atoms with E-state index < -0.39 is 13.2 Å². The topological polar surface area (TPSA) is 75.5 Å². The second-order valence-corrected chi connectivity index (χ2v) is 10.0. The van der Waals surface area contributed by atoms with Gasteiger partial charge in [0.25, 0.3) is 0 Å². The minimum atomic E-state index is -1.82. The maximum atomic E-state index is 11.2. The monoisotopic (exact) mass is 367 g/mol. The molecular formula is C17H31B2NO6. The first-order chi connectivity index (χ1) is 11.9. The van der Waals surface area contributed by atoms with Gasteiger partial charge in [-0.3, -0.25) is 9.59 Å². The lowest BCUT2D eigenvalue weighted by molar-refractivity contribution is -0.778. The van der Waals surface area contributed by atoms with Gasteiger partial charge in [-0.25, -0.2) is 0 Å². The van der Waals surface area contributed by atoms with Crippen molar-refractivity contribution in [1.29, 1.82) is 0 Å². The number of quaternary nitrogens is 1. The summed E-state index contributed by atoms with van der Waals surface area (Å²) in [5.74, 6) is 0.979. The fourth-order valence-corrected chi connectivity index (χ4v) is 4.93. The number of hydrogen-bond donors (Lipinski definition) is 1. The van der Waals surface area contributed by atoms with Crippen molar-refractivity contribution in [2.75, 3.05) is 26.3 Å². The minimum Gasteiger partial charge on any atom is -0.600 e. The summed E-state index contributed by atoms with van der Waals surface area (Å²) in [6.45, 7) is 11.8. The molecular weight excluding hydrogens is 336 g/mol. The zero-order valence-electron chi connectivity index (χ0n) is 16.8. The summed E-state index contributed by atoms with van der Waals surface area (Å²) >= 11 is 0. The van der Waals surface area contributed by atoms with Crippen LogP contribution >= 0.6 is 0 Å². The van der Waals surface area contributed by atoms with Gasteiger partial charge in [-0.2, -0.15) is 0 Å². The predicted octanol–water partition coefficient (Wildman–Crippen LogP) is 0.907. The van der Waals surface area contributed by atoms with Gasteiger partial charge in [0, 0.05) is 13.2 Å². The molecule has 0 spiro atoms. The Morgan fingerprint density at radius 1 is 0.846 bits per heavy atom. The summed E-state index contributed by atoms with van der Waals surface area (Å²) < 4.78 is 22.2. The largest absolute Gasteiger partial charge is 0.600 e. The number of rotatable bonds is 0. The normalized spacial score (nSPS) is 32.5. The van der Waals surface area contributed by atoms with E-state index >= 15 is 0 Å². The molecule has 4 rings (SSSR count). The summed E-state index contributed by atoms with van der Waals surface area (Å²) in [4.78, 5) is 23.2. The maximum Gasteiger partial charge on any atom is 0.587 e. The van der Waals surface area contributed by atoms with Crippen molar-refractivity contribution in [3.8, 4) is 0 Å². The molecule has 26 heavy (non-hydrogen) atoms. The molecule has 0 radical (unpaired) electrons. The van der Waals surface area contributed by atoms with Crippen LogP contribution in [0.4, 0.5) is 0 Å². The quantitative estimate of drug-likeness (QED) is 0.507. The van der Waals surface area contributed by atoms with E-state index in [0.29, 0.717) is 0 Å². The molecule has 4 aliphatic heterocycles. The first kappa shape index (κ1) is 19.6. The number of hydrogen-bond acceptors (Lipinski definition) is 6. The zero-order chi connectivity index (χ0) is 19.4. The van der Waals surface area contributed by atoms with Crippen LogP contribution in [0, 0.1) is 5.82 Å². The Hall–Kier alpha value is -1.18. The van der Waals surface area contributed by atoms with Crippen LogP contribution in [0.3, 0.4) is 0 Å². The van der Waals surface area contributed by atoms with Crippen molar-refractivity contribution in [1.82, 2.24) is 0 Å². The van der Waals surface area contributed by atoms with Crippen molar-refractivity contribution in [2.24, 2.45) is 0 Å². The van der Waals surface area contributed by atoms with E-state index in [1.807, 2.05) is 20.8 Å². The molecule has 4 aliphatic rings. The Morgan fingerprint density at radius 2 is 1.31 bits per heavy atom. The third kappa shape index (κ3) is 2.94. The van der Waals surface area contributed by atoms with Crippen molar-refractivity contribution in [3.05, 3.63) is 5.82 Å². The Morgan fingerprint density at radius 3 is 1.62 bits per heavy atom. The van der Waals surface area contributed by atoms with Crippen LogP contribution in [0.15, 0.2) is 0 Å². The van der Waals surface area contributed by atoms with Gasteiger partial charge in [-0.1, -0.05) is 46.9 Å². The molecule has 0 amide bonds. The second kappa shape index (κ2) is 6.17. The summed E-state index contributed by atoms with van der Waals surface area (Å²) in [5.41, 5.74) is 0.